The molecule has 7 nitrogen and oxygen atoms in total. The number of thiazole rings is 1. The van der Waals surface area contributed by atoms with Crippen molar-refractivity contribution in [2.45, 2.75) is 9.92 Å². The van der Waals surface area contributed by atoms with Gasteiger partial charge in [0, 0.05) is 16.5 Å². The lowest BCUT2D eigenvalue weighted by Gasteiger charge is -2.10. The number of nitrogens with zero attached hydrogens (tertiary/aromatic N) is 4. The Balaban J connectivity index is 1.46. The van der Waals surface area contributed by atoms with Crippen LogP contribution in [0.5, 0.6) is 5.75 Å². The molecule has 0 spiro atoms. The third-order valence-electron chi connectivity index (χ3n) is 4.47. The summed E-state index contributed by atoms with van der Waals surface area (Å²) in [7, 11) is 1.65. The van der Waals surface area contributed by atoms with Gasteiger partial charge in [-0.25, -0.2) is 15.0 Å². The van der Waals surface area contributed by atoms with Crippen molar-refractivity contribution >= 4 is 60.9 Å². The Bertz CT molecular complexity index is 1370. The lowest BCUT2D eigenvalue weighted by Crippen LogP contribution is -2.02. The predicted molar refractivity (Wildman–Crippen MR) is 122 cm³/mol. The first-order valence-electron chi connectivity index (χ1n) is 9.05. The van der Waals surface area contributed by atoms with Crippen LogP contribution in [0.2, 0.25) is 0 Å². The molecule has 0 atom stereocenters. The summed E-state index contributed by atoms with van der Waals surface area (Å²) in [5, 5.41) is 5.65. The van der Waals surface area contributed by atoms with Gasteiger partial charge in [0.25, 0.3) is 0 Å². The van der Waals surface area contributed by atoms with E-state index in [2.05, 4.69) is 25.3 Å². The van der Waals surface area contributed by atoms with E-state index in [1.807, 2.05) is 48.5 Å². The van der Waals surface area contributed by atoms with Crippen LogP contribution in [0.15, 0.2) is 71.0 Å². The van der Waals surface area contributed by atoms with Gasteiger partial charge in [0.15, 0.2) is 10.9 Å². The number of aromatic nitrogens is 4. The van der Waals surface area contributed by atoms with Crippen molar-refractivity contribution in [1.82, 2.24) is 19.9 Å². The highest BCUT2D eigenvalue weighted by Crippen LogP contribution is 2.38. The van der Waals surface area contributed by atoms with Gasteiger partial charge in [-0.05, 0) is 30.3 Å². The number of hydrogen-bond acceptors (Lipinski definition) is 9. The van der Waals surface area contributed by atoms with Crippen LogP contribution in [0, 0.1) is 0 Å². The second-order valence-electron chi connectivity index (χ2n) is 6.35. The molecule has 0 unspecified atom stereocenters. The minimum absolute atomic E-state index is 0.465. The van der Waals surface area contributed by atoms with Gasteiger partial charge in [-0.2, -0.15) is 0 Å². The largest absolute Gasteiger partial charge is 0.497 e. The zero-order valence-electron chi connectivity index (χ0n) is 15.9. The fraction of sp³-hybridized carbons (Fsp3) is 0.0476. The Hall–Kier alpha value is -3.43. The summed E-state index contributed by atoms with van der Waals surface area (Å²) in [6.45, 7) is 0. The van der Waals surface area contributed by atoms with Crippen molar-refractivity contribution < 1.29 is 4.74 Å². The van der Waals surface area contributed by atoms with E-state index < -0.39 is 0 Å². The maximum Gasteiger partial charge on any atom is 0.189 e. The van der Waals surface area contributed by atoms with Crippen LogP contribution in [0.25, 0.3) is 21.1 Å². The van der Waals surface area contributed by atoms with Crippen molar-refractivity contribution in [2.24, 2.45) is 0 Å². The molecule has 0 saturated heterocycles. The summed E-state index contributed by atoms with van der Waals surface area (Å²) in [5.74, 6) is 1.31. The van der Waals surface area contributed by atoms with Crippen LogP contribution in [-0.4, -0.2) is 27.0 Å². The zero-order chi connectivity index (χ0) is 20.5. The maximum atomic E-state index is 6.39. The van der Waals surface area contributed by atoms with E-state index in [4.69, 9.17) is 10.5 Å². The maximum absolute atomic E-state index is 6.39. The predicted octanol–water partition coefficient (Wildman–Crippen LogP) is 5.12. The molecule has 0 radical (unpaired) electrons. The van der Waals surface area contributed by atoms with Gasteiger partial charge in [0.2, 0.25) is 0 Å². The zero-order valence-corrected chi connectivity index (χ0v) is 17.5. The minimum atomic E-state index is 0.465. The van der Waals surface area contributed by atoms with Crippen molar-refractivity contribution in [2.75, 3.05) is 18.2 Å². The molecule has 30 heavy (non-hydrogen) atoms. The molecule has 0 bridgehead atoms. The first-order chi connectivity index (χ1) is 14.7. The van der Waals surface area contributed by atoms with Gasteiger partial charge in [0.05, 0.1) is 22.8 Å². The van der Waals surface area contributed by atoms with E-state index in [-0.39, 0.29) is 0 Å². The normalized spacial score (nSPS) is 11.1. The Morgan fingerprint density at radius 3 is 2.87 bits per heavy atom. The number of fused-ring (bicyclic) bond motifs is 2. The molecule has 0 aliphatic rings. The third-order valence-corrected chi connectivity index (χ3v) is 6.47. The summed E-state index contributed by atoms with van der Waals surface area (Å²) >= 11 is 2.97. The Labute approximate surface area is 180 Å². The van der Waals surface area contributed by atoms with Crippen molar-refractivity contribution in [3.8, 4) is 5.75 Å². The van der Waals surface area contributed by atoms with Crippen LogP contribution in [0.4, 0.5) is 16.6 Å². The molecule has 0 amide bonds. The fourth-order valence-electron chi connectivity index (χ4n) is 3.01. The molecule has 5 aromatic rings. The summed E-state index contributed by atoms with van der Waals surface area (Å²) in [5.41, 5.74) is 8.65. The van der Waals surface area contributed by atoms with Crippen molar-refractivity contribution in [3.05, 3.63) is 61.1 Å². The quantitative estimate of drug-likeness (QED) is 0.369. The summed E-state index contributed by atoms with van der Waals surface area (Å²) in [6, 6.07) is 15.8. The van der Waals surface area contributed by atoms with Gasteiger partial charge in [-0.1, -0.05) is 41.3 Å². The fourth-order valence-corrected chi connectivity index (χ4v) is 4.83. The second-order valence-corrected chi connectivity index (χ2v) is 8.41. The van der Waals surface area contributed by atoms with Gasteiger partial charge < -0.3 is 15.8 Å². The van der Waals surface area contributed by atoms with Gasteiger partial charge in [-0.15, -0.1) is 0 Å². The Morgan fingerprint density at radius 1 is 1.07 bits per heavy atom. The molecule has 9 heteroatoms. The number of rotatable bonds is 5. The van der Waals surface area contributed by atoms with E-state index in [9.17, 15) is 0 Å². The van der Waals surface area contributed by atoms with Gasteiger partial charge in [-0.3, -0.25) is 4.98 Å². The number of nitrogens with two attached hydrogens (primary N) is 1. The summed E-state index contributed by atoms with van der Waals surface area (Å²) in [4.78, 5) is 18.8. The van der Waals surface area contributed by atoms with E-state index in [0.29, 0.717) is 21.7 Å². The van der Waals surface area contributed by atoms with E-state index in [0.717, 1.165) is 31.8 Å². The molecule has 2 aromatic carbocycles. The SMILES string of the molecule is COc1ccc2nc(Nc3ncnc(Sc4cccc5cccnc45)c3N)sc2c1. The van der Waals surface area contributed by atoms with Crippen molar-refractivity contribution in [3.63, 3.8) is 0 Å². The molecule has 0 saturated carbocycles. The highest BCUT2D eigenvalue weighted by atomic mass is 32.2. The first-order valence-corrected chi connectivity index (χ1v) is 10.7. The first kappa shape index (κ1) is 18.6. The molecule has 3 heterocycles. The lowest BCUT2D eigenvalue weighted by molar-refractivity contribution is 0.415. The third kappa shape index (κ3) is 3.49. The number of para-hydroxylation sites is 1. The van der Waals surface area contributed by atoms with Gasteiger partial charge >= 0.3 is 0 Å². The number of nitrogen functional groups attached to an aromatic ring is 1. The smallest absolute Gasteiger partial charge is 0.189 e. The molecule has 0 aliphatic carbocycles. The number of hydrogen-bond donors (Lipinski definition) is 2. The summed E-state index contributed by atoms with van der Waals surface area (Å²) < 4.78 is 6.30. The number of pyridine rings is 1. The molecule has 5 rings (SSSR count). The minimum Gasteiger partial charge on any atom is -0.497 e. The van der Waals surface area contributed by atoms with E-state index in [1.54, 1.807) is 13.3 Å². The highest BCUT2D eigenvalue weighted by Gasteiger charge is 2.14. The number of anilines is 3. The van der Waals surface area contributed by atoms with Crippen LogP contribution in [-0.2, 0) is 0 Å². The molecular formula is C21H16N6OS2. The molecule has 0 fully saturated rings. The molecular weight excluding hydrogens is 416 g/mol. The van der Waals surface area contributed by atoms with Crippen molar-refractivity contribution in [1.29, 1.82) is 0 Å². The number of methoxy groups -OCH3 is 1. The van der Waals surface area contributed by atoms with Gasteiger partial charge in [0.1, 0.15) is 22.8 Å². The monoisotopic (exact) mass is 432 g/mol. The topological polar surface area (TPSA) is 98.8 Å². The van der Waals surface area contributed by atoms with Crippen LogP contribution < -0.4 is 15.8 Å². The molecule has 3 N–H and O–H groups in total. The van der Waals surface area contributed by atoms with Crippen LogP contribution in [0.3, 0.4) is 0 Å². The molecule has 3 aromatic heterocycles. The lowest BCUT2D eigenvalue weighted by atomic mass is 10.2. The number of nitrogens with one attached hydrogen (secondary N) is 1. The number of ether oxygens (including phenoxy) is 1. The molecule has 0 aliphatic heterocycles. The average molecular weight is 433 g/mol. The molecule has 148 valence electrons. The standard InChI is InChI=1S/C21H16N6OS2/c1-28-13-7-8-14-16(10-13)30-21(26-14)27-19-17(22)20(25-11-24-19)29-15-6-2-4-12-5-3-9-23-18(12)15/h2-11H,22H2,1H3,(H,24,25,26,27). The highest BCUT2D eigenvalue weighted by molar-refractivity contribution is 7.99. The second kappa shape index (κ2) is 7.77. The van der Waals surface area contributed by atoms with Crippen LogP contribution >= 0.6 is 23.1 Å². The van der Waals surface area contributed by atoms with E-state index in [1.165, 1.54) is 29.4 Å². The average Bonchev–Trinajstić information content (AvgIpc) is 3.18. The Morgan fingerprint density at radius 2 is 1.97 bits per heavy atom. The Kier molecular flexibility index (Phi) is 4.82. The van der Waals surface area contributed by atoms with Crippen LogP contribution in [0.1, 0.15) is 0 Å². The number of benzene rings is 2. The van der Waals surface area contributed by atoms with E-state index >= 15 is 0 Å². The summed E-state index contributed by atoms with van der Waals surface area (Å²) in [6.07, 6.45) is 3.28.